The fraction of sp³-hybridized carbons (Fsp3) is 0.0800. The molecule has 3 heterocycles. The normalized spacial score (nSPS) is 11.7. The van der Waals surface area contributed by atoms with Crippen LogP contribution in [0, 0.1) is 11.3 Å². The first-order valence-electron chi connectivity index (χ1n) is 9.98. The third-order valence-electron chi connectivity index (χ3n) is 5.26. The number of hydrogen-bond acceptors (Lipinski definition) is 6. The molecule has 0 saturated carbocycles. The summed E-state index contributed by atoms with van der Waals surface area (Å²) in [6.45, 7) is 0. The van der Waals surface area contributed by atoms with Crippen LogP contribution in [-0.2, 0) is 11.9 Å². The summed E-state index contributed by atoms with van der Waals surface area (Å²) >= 11 is 2.25. The minimum absolute atomic E-state index is 0.0395. The molecule has 9 heteroatoms. The molecule has 2 aromatic carbocycles. The number of alkyl halides is 3. The van der Waals surface area contributed by atoms with Crippen molar-refractivity contribution in [3.8, 4) is 16.6 Å². The average molecular weight is 495 g/mol. The van der Waals surface area contributed by atoms with E-state index in [4.69, 9.17) is 4.42 Å². The Morgan fingerprint density at radius 3 is 2.65 bits per heavy atom. The van der Waals surface area contributed by atoms with Crippen molar-refractivity contribution < 1.29 is 17.6 Å². The van der Waals surface area contributed by atoms with Gasteiger partial charge in [0, 0.05) is 17.2 Å². The van der Waals surface area contributed by atoms with Crippen molar-refractivity contribution in [2.75, 3.05) is 0 Å². The molecule has 0 aliphatic heterocycles. The van der Waals surface area contributed by atoms with E-state index in [0.29, 0.717) is 21.4 Å². The third kappa shape index (κ3) is 4.06. The van der Waals surface area contributed by atoms with Gasteiger partial charge in [-0.25, -0.2) is 9.78 Å². The van der Waals surface area contributed by atoms with Crippen LogP contribution in [0.5, 0.6) is 0 Å². The molecule has 0 aliphatic carbocycles. The van der Waals surface area contributed by atoms with E-state index in [1.54, 1.807) is 29.6 Å². The van der Waals surface area contributed by atoms with Crippen molar-refractivity contribution in [3.63, 3.8) is 0 Å². The molecule has 4 nitrogen and oxygen atoms in total. The van der Waals surface area contributed by atoms with Crippen molar-refractivity contribution in [2.24, 2.45) is 0 Å². The summed E-state index contributed by atoms with van der Waals surface area (Å²) < 4.78 is 46.8. The number of nitriles is 1. The van der Waals surface area contributed by atoms with Crippen LogP contribution in [0.2, 0.25) is 0 Å². The summed E-state index contributed by atoms with van der Waals surface area (Å²) in [5.74, 6) is 0.128. The Morgan fingerprint density at radius 2 is 1.91 bits per heavy atom. The Kier molecular flexibility index (Phi) is 5.63. The van der Waals surface area contributed by atoms with Gasteiger partial charge in [-0.1, -0.05) is 36.4 Å². The fourth-order valence-electron chi connectivity index (χ4n) is 3.79. The van der Waals surface area contributed by atoms with Crippen molar-refractivity contribution in [2.45, 2.75) is 17.0 Å². The molecule has 0 N–H and O–H groups in total. The molecule has 5 aromatic rings. The number of nitrogens with zero attached hydrogens (tertiary/aromatic N) is 2. The monoisotopic (exact) mass is 494 g/mol. The van der Waals surface area contributed by atoms with E-state index < -0.39 is 22.9 Å². The standard InChI is InChI=1S/C25H13F3N2O2S2/c26-25(27,28)18-11-19(21-6-3-9-33-21)30-24(17(18)12-29)34-13-15-10-22(31)32-20-8-7-14-4-1-2-5-16(14)23(15)20/h1-11H,13H2. The predicted octanol–water partition coefficient (Wildman–Crippen LogP) is 7.25. The molecular formula is C25H13F3N2O2S2. The zero-order valence-electron chi connectivity index (χ0n) is 17.2. The first kappa shape index (κ1) is 22.2. The molecule has 0 unspecified atom stereocenters. The lowest BCUT2D eigenvalue weighted by Crippen LogP contribution is -2.10. The zero-order valence-corrected chi connectivity index (χ0v) is 18.9. The fourth-order valence-corrected chi connectivity index (χ4v) is 5.46. The molecule has 3 aromatic heterocycles. The lowest BCUT2D eigenvalue weighted by Gasteiger charge is -2.14. The number of pyridine rings is 1. The Bertz CT molecular complexity index is 1640. The average Bonchev–Trinajstić information content (AvgIpc) is 3.36. The van der Waals surface area contributed by atoms with Gasteiger partial charge in [0.2, 0.25) is 0 Å². The molecule has 0 spiro atoms. The van der Waals surface area contributed by atoms with Gasteiger partial charge in [0.15, 0.2) is 0 Å². The van der Waals surface area contributed by atoms with E-state index in [9.17, 15) is 23.2 Å². The van der Waals surface area contributed by atoms with E-state index >= 15 is 0 Å². The smallest absolute Gasteiger partial charge is 0.417 e. The molecule has 34 heavy (non-hydrogen) atoms. The van der Waals surface area contributed by atoms with Gasteiger partial charge in [-0.05, 0) is 39.9 Å². The van der Waals surface area contributed by atoms with Crippen LogP contribution in [-0.4, -0.2) is 4.98 Å². The van der Waals surface area contributed by atoms with Gasteiger partial charge < -0.3 is 4.42 Å². The highest BCUT2D eigenvalue weighted by Gasteiger charge is 2.36. The van der Waals surface area contributed by atoms with Crippen LogP contribution >= 0.6 is 23.1 Å². The number of aromatic nitrogens is 1. The van der Waals surface area contributed by atoms with Gasteiger partial charge in [-0.3, -0.25) is 0 Å². The van der Waals surface area contributed by atoms with Crippen LogP contribution < -0.4 is 5.63 Å². The van der Waals surface area contributed by atoms with Gasteiger partial charge in [0.25, 0.3) is 0 Å². The zero-order chi connectivity index (χ0) is 23.9. The Hall–Kier alpha value is -3.61. The molecule has 0 amide bonds. The van der Waals surface area contributed by atoms with Crippen LogP contribution in [0.15, 0.2) is 80.3 Å². The molecule has 0 fully saturated rings. The first-order chi connectivity index (χ1) is 16.3. The molecule has 0 saturated heterocycles. The van der Waals surface area contributed by atoms with E-state index in [1.165, 1.54) is 17.4 Å². The number of halogens is 3. The van der Waals surface area contributed by atoms with E-state index in [1.807, 2.05) is 30.3 Å². The molecule has 0 atom stereocenters. The number of fused-ring (bicyclic) bond motifs is 3. The maximum absolute atomic E-state index is 13.8. The lowest BCUT2D eigenvalue weighted by molar-refractivity contribution is -0.138. The Labute approximate surface area is 199 Å². The van der Waals surface area contributed by atoms with Crippen LogP contribution in [0.4, 0.5) is 13.2 Å². The number of hydrogen-bond donors (Lipinski definition) is 0. The maximum atomic E-state index is 13.8. The summed E-state index contributed by atoms with van der Waals surface area (Å²) in [4.78, 5) is 17.1. The second-order valence-corrected chi connectivity index (χ2v) is 9.27. The van der Waals surface area contributed by atoms with Crippen molar-refractivity contribution in [1.29, 1.82) is 5.26 Å². The van der Waals surface area contributed by atoms with Crippen molar-refractivity contribution in [3.05, 3.63) is 93.2 Å². The Morgan fingerprint density at radius 1 is 1.09 bits per heavy atom. The van der Waals surface area contributed by atoms with Gasteiger partial charge >= 0.3 is 11.8 Å². The predicted molar refractivity (Wildman–Crippen MR) is 127 cm³/mol. The number of thiophene rings is 1. The molecule has 168 valence electrons. The molecule has 5 rings (SSSR count). The van der Waals surface area contributed by atoms with Crippen molar-refractivity contribution >= 4 is 44.8 Å². The summed E-state index contributed by atoms with van der Waals surface area (Å²) in [7, 11) is 0. The first-order valence-corrected chi connectivity index (χ1v) is 11.8. The highest BCUT2D eigenvalue weighted by Crippen LogP contribution is 2.40. The van der Waals surface area contributed by atoms with Crippen molar-refractivity contribution in [1.82, 2.24) is 4.98 Å². The van der Waals surface area contributed by atoms with Gasteiger partial charge in [-0.15, -0.1) is 23.1 Å². The second-order valence-electron chi connectivity index (χ2n) is 7.36. The second kappa shape index (κ2) is 8.63. The molecule has 0 radical (unpaired) electrons. The van der Waals surface area contributed by atoms with Gasteiger partial charge in [0.05, 0.1) is 21.7 Å². The minimum Gasteiger partial charge on any atom is -0.423 e. The SMILES string of the molecule is N#Cc1c(C(F)(F)F)cc(-c2cccs2)nc1SCc1cc(=O)oc2ccc3ccccc3c12. The van der Waals surface area contributed by atoms with Crippen LogP contribution in [0.1, 0.15) is 16.7 Å². The van der Waals surface area contributed by atoms with E-state index in [-0.39, 0.29) is 16.5 Å². The third-order valence-corrected chi connectivity index (χ3v) is 7.17. The van der Waals surface area contributed by atoms with E-state index in [2.05, 4.69) is 4.98 Å². The number of rotatable bonds is 4. The van der Waals surface area contributed by atoms with Crippen LogP contribution in [0.3, 0.4) is 0 Å². The van der Waals surface area contributed by atoms with Crippen LogP contribution in [0.25, 0.3) is 32.3 Å². The topological polar surface area (TPSA) is 66.9 Å². The summed E-state index contributed by atoms with van der Waals surface area (Å²) in [5, 5.41) is 13.8. The molecule has 0 bridgehead atoms. The molecular weight excluding hydrogens is 481 g/mol. The van der Waals surface area contributed by atoms with Gasteiger partial charge in [0.1, 0.15) is 16.7 Å². The maximum Gasteiger partial charge on any atom is 0.417 e. The number of thioether (sulfide) groups is 1. The summed E-state index contributed by atoms with van der Waals surface area (Å²) in [6, 6.07) is 18.4. The molecule has 0 aliphatic rings. The lowest BCUT2D eigenvalue weighted by atomic mass is 10.0. The summed E-state index contributed by atoms with van der Waals surface area (Å²) in [6.07, 6.45) is -4.72. The number of benzene rings is 2. The van der Waals surface area contributed by atoms with Gasteiger partial charge in [-0.2, -0.15) is 18.4 Å². The highest BCUT2D eigenvalue weighted by atomic mass is 32.2. The minimum atomic E-state index is -4.72. The largest absolute Gasteiger partial charge is 0.423 e. The summed E-state index contributed by atoms with van der Waals surface area (Å²) in [5.41, 5.74) is -0.997. The highest BCUT2D eigenvalue weighted by molar-refractivity contribution is 7.98. The Balaban J connectivity index is 1.65. The quantitative estimate of drug-likeness (QED) is 0.150. The van der Waals surface area contributed by atoms with E-state index in [0.717, 1.165) is 28.6 Å².